The fourth-order valence-electron chi connectivity index (χ4n) is 3.46. The first kappa shape index (κ1) is 22.3. The highest BCUT2D eigenvalue weighted by Gasteiger charge is 2.12. The summed E-state index contributed by atoms with van der Waals surface area (Å²) in [5, 5.41) is 14.1. The number of carboxylic acid groups (broad SMARTS) is 1. The standard InChI is InChI=1S/C24H26Cl2N2O2/c1-2-3-4-9-28-16-19(13-23(28)24(29)30)10-17-5-7-22(8-6-17)27-15-18-11-20(25)14-21(26)12-18/h5-8,11-14,16,27H,2-4,9-10,15H2,1H3,(H,29,30). The van der Waals surface area contributed by atoms with Crippen molar-refractivity contribution in [1.82, 2.24) is 4.57 Å². The molecule has 0 aliphatic carbocycles. The summed E-state index contributed by atoms with van der Waals surface area (Å²) in [6.45, 7) is 3.51. The van der Waals surface area contributed by atoms with Crippen LogP contribution in [0.1, 0.15) is 53.4 Å². The Hall–Kier alpha value is -2.43. The van der Waals surface area contributed by atoms with Gasteiger partial charge in [0.15, 0.2) is 0 Å². The maximum Gasteiger partial charge on any atom is 0.352 e. The molecule has 0 atom stereocenters. The molecule has 0 unspecified atom stereocenters. The maximum atomic E-state index is 11.6. The zero-order valence-electron chi connectivity index (χ0n) is 17.0. The summed E-state index contributed by atoms with van der Waals surface area (Å²) in [6.07, 6.45) is 5.87. The Kier molecular flexibility index (Phi) is 7.83. The largest absolute Gasteiger partial charge is 0.477 e. The number of unbranched alkanes of at least 4 members (excludes halogenated alkanes) is 2. The van der Waals surface area contributed by atoms with Crippen LogP contribution in [0.3, 0.4) is 0 Å². The molecule has 0 aliphatic rings. The first-order chi connectivity index (χ1) is 14.4. The van der Waals surface area contributed by atoms with Gasteiger partial charge in [0.1, 0.15) is 5.69 Å². The highest BCUT2D eigenvalue weighted by atomic mass is 35.5. The minimum atomic E-state index is -0.876. The third-order valence-corrected chi connectivity index (χ3v) is 5.39. The average Bonchev–Trinajstić information content (AvgIpc) is 3.10. The van der Waals surface area contributed by atoms with Crippen molar-refractivity contribution >= 4 is 34.9 Å². The third kappa shape index (κ3) is 6.28. The molecule has 0 spiro atoms. The Morgan fingerprint density at radius 3 is 2.30 bits per heavy atom. The molecule has 0 radical (unpaired) electrons. The fraction of sp³-hybridized carbons (Fsp3) is 0.292. The van der Waals surface area contributed by atoms with Gasteiger partial charge in [-0.3, -0.25) is 0 Å². The number of carbonyl (C=O) groups is 1. The van der Waals surface area contributed by atoms with Crippen molar-refractivity contribution in [1.29, 1.82) is 0 Å². The Balaban J connectivity index is 1.62. The molecular weight excluding hydrogens is 419 g/mol. The summed E-state index contributed by atoms with van der Waals surface area (Å²) in [4.78, 5) is 11.6. The van der Waals surface area contributed by atoms with Crippen molar-refractivity contribution in [2.24, 2.45) is 0 Å². The van der Waals surface area contributed by atoms with Gasteiger partial charge in [0, 0.05) is 35.0 Å². The summed E-state index contributed by atoms with van der Waals surface area (Å²) in [5.41, 5.74) is 4.52. The smallest absolute Gasteiger partial charge is 0.352 e. The molecule has 2 aromatic carbocycles. The van der Waals surface area contributed by atoms with E-state index in [1.54, 1.807) is 12.1 Å². The van der Waals surface area contributed by atoms with E-state index in [2.05, 4.69) is 24.4 Å². The number of hydrogen-bond acceptors (Lipinski definition) is 2. The molecule has 3 rings (SSSR count). The fourth-order valence-corrected chi connectivity index (χ4v) is 4.03. The molecule has 4 nitrogen and oxygen atoms in total. The van der Waals surface area contributed by atoms with E-state index >= 15 is 0 Å². The number of carboxylic acids is 1. The van der Waals surface area contributed by atoms with Crippen LogP contribution in [0.2, 0.25) is 10.0 Å². The van der Waals surface area contributed by atoms with Gasteiger partial charge in [-0.1, -0.05) is 55.1 Å². The summed E-state index contributed by atoms with van der Waals surface area (Å²) in [5.74, 6) is -0.876. The number of aromatic nitrogens is 1. The first-order valence-electron chi connectivity index (χ1n) is 10.1. The number of benzene rings is 2. The van der Waals surface area contributed by atoms with E-state index < -0.39 is 5.97 Å². The molecule has 0 amide bonds. The van der Waals surface area contributed by atoms with Gasteiger partial charge in [0.25, 0.3) is 0 Å². The number of nitrogens with one attached hydrogen (secondary N) is 1. The van der Waals surface area contributed by atoms with Gasteiger partial charge >= 0.3 is 5.97 Å². The third-order valence-electron chi connectivity index (χ3n) is 4.96. The molecular formula is C24H26Cl2N2O2. The molecule has 0 fully saturated rings. The minimum absolute atomic E-state index is 0.361. The number of aromatic carboxylic acids is 1. The van der Waals surface area contributed by atoms with E-state index in [4.69, 9.17) is 23.2 Å². The number of halogens is 2. The van der Waals surface area contributed by atoms with Crippen molar-refractivity contribution in [2.45, 2.75) is 45.7 Å². The number of hydrogen-bond donors (Lipinski definition) is 2. The lowest BCUT2D eigenvalue weighted by atomic mass is 10.1. The van der Waals surface area contributed by atoms with Crippen LogP contribution in [0.25, 0.3) is 0 Å². The first-order valence-corrected chi connectivity index (χ1v) is 10.9. The van der Waals surface area contributed by atoms with Crippen molar-refractivity contribution in [2.75, 3.05) is 5.32 Å². The summed E-state index contributed by atoms with van der Waals surface area (Å²) < 4.78 is 1.86. The maximum absolute atomic E-state index is 11.6. The van der Waals surface area contributed by atoms with Gasteiger partial charge in [-0.2, -0.15) is 0 Å². The Bertz CT molecular complexity index is 977. The molecule has 6 heteroatoms. The SMILES string of the molecule is CCCCCn1cc(Cc2ccc(NCc3cc(Cl)cc(Cl)c3)cc2)cc1C(=O)O. The van der Waals surface area contributed by atoms with Crippen LogP contribution in [0.15, 0.2) is 54.7 Å². The van der Waals surface area contributed by atoms with Crippen LogP contribution in [0.5, 0.6) is 0 Å². The van der Waals surface area contributed by atoms with Crippen LogP contribution in [0, 0.1) is 0 Å². The molecule has 0 bridgehead atoms. The lowest BCUT2D eigenvalue weighted by molar-refractivity contribution is 0.0685. The van der Waals surface area contributed by atoms with Gasteiger partial charge in [-0.15, -0.1) is 0 Å². The van der Waals surface area contributed by atoms with Gasteiger partial charge in [0.2, 0.25) is 0 Å². The van der Waals surface area contributed by atoms with E-state index in [1.807, 2.05) is 35.0 Å². The summed E-state index contributed by atoms with van der Waals surface area (Å²) >= 11 is 12.1. The topological polar surface area (TPSA) is 54.3 Å². The molecule has 1 heterocycles. The van der Waals surface area contributed by atoms with E-state index in [0.29, 0.717) is 28.7 Å². The molecule has 2 N–H and O–H groups in total. The lowest BCUT2D eigenvalue weighted by Gasteiger charge is -2.08. The quantitative estimate of drug-likeness (QED) is 0.334. The van der Waals surface area contributed by atoms with Crippen LogP contribution >= 0.6 is 23.2 Å². The van der Waals surface area contributed by atoms with Crippen molar-refractivity contribution in [3.05, 3.63) is 87.2 Å². The second kappa shape index (κ2) is 10.6. The average molecular weight is 445 g/mol. The lowest BCUT2D eigenvalue weighted by Crippen LogP contribution is -2.07. The Labute approximate surface area is 187 Å². The monoisotopic (exact) mass is 444 g/mol. The van der Waals surface area contributed by atoms with Gasteiger partial charge in [-0.25, -0.2) is 4.79 Å². The zero-order chi connectivity index (χ0) is 21.5. The molecule has 1 aromatic heterocycles. The Morgan fingerprint density at radius 1 is 0.967 bits per heavy atom. The van der Waals surface area contributed by atoms with E-state index in [0.717, 1.165) is 48.2 Å². The predicted octanol–water partition coefficient (Wildman–Crippen LogP) is 6.89. The van der Waals surface area contributed by atoms with Crippen molar-refractivity contribution in [3.8, 4) is 0 Å². The molecule has 0 saturated carbocycles. The van der Waals surface area contributed by atoms with Crippen LogP contribution in [0.4, 0.5) is 5.69 Å². The molecule has 0 saturated heterocycles. The van der Waals surface area contributed by atoms with E-state index in [-0.39, 0.29) is 0 Å². The van der Waals surface area contributed by atoms with Crippen LogP contribution in [-0.4, -0.2) is 15.6 Å². The zero-order valence-corrected chi connectivity index (χ0v) is 18.5. The molecule has 30 heavy (non-hydrogen) atoms. The summed E-state index contributed by atoms with van der Waals surface area (Å²) in [7, 11) is 0. The van der Waals surface area contributed by atoms with E-state index in [9.17, 15) is 9.90 Å². The van der Waals surface area contributed by atoms with Crippen molar-refractivity contribution < 1.29 is 9.90 Å². The number of nitrogens with zero attached hydrogens (tertiary/aromatic N) is 1. The van der Waals surface area contributed by atoms with E-state index in [1.165, 1.54) is 0 Å². The molecule has 0 aliphatic heterocycles. The molecule has 158 valence electrons. The normalized spacial score (nSPS) is 10.9. The minimum Gasteiger partial charge on any atom is -0.477 e. The molecule has 3 aromatic rings. The van der Waals surface area contributed by atoms with Gasteiger partial charge < -0.3 is 15.0 Å². The Morgan fingerprint density at radius 2 is 1.67 bits per heavy atom. The highest BCUT2D eigenvalue weighted by Crippen LogP contribution is 2.21. The number of anilines is 1. The second-order valence-corrected chi connectivity index (χ2v) is 8.32. The predicted molar refractivity (Wildman–Crippen MR) is 124 cm³/mol. The van der Waals surface area contributed by atoms with Gasteiger partial charge in [0.05, 0.1) is 0 Å². The number of aryl methyl sites for hydroxylation is 1. The highest BCUT2D eigenvalue weighted by molar-refractivity contribution is 6.34. The summed E-state index contributed by atoms with van der Waals surface area (Å²) in [6, 6.07) is 15.4. The van der Waals surface area contributed by atoms with Crippen molar-refractivity contribution in [3.63, 3.8) is 0 Å². The van der Waals surface area contributed by atoms with Crippen LogP contribution < -0.4 is 5.32 Å². The van der Waals surface area contributed by atoms with Crippen LogP contribution in [-0.2, 0) is 19.5 Å². The number of rotatable bonds is 10. The van der Waals surface area contributed by atoms with Gasteiger partial charge in [-0.05, 0) is 65.9 Å². The second-order valence-electron chi connectivity index (χ2n) is 7.44.